The van der Waals surface area contributed by atoms with Gasteiger partial charge in [-0.05, 0) is 55.8 Å². The molecule has 0 spiro atoms. The van der Waals surface area contributed by atoms with Crippen molar-refractivity contribution in [3.05, 3.63) is 59.2 Å². The van der Waals surface area contributed by atoms with Gasteiger partial charge in [0.2, 0.25) is 0 Å². The van der Waals surface area contributed by atoms with Crippen molar-refractivity contribution in [3.63, 3.8) is 0 Å². The quantitative estimate of drug-likeness (QED) is 0.878. The lowest BCUT2D eigenvalue weighted by Crippen LogP contribution is -2.04. The third-order valence-corrected chi connectivity index (χ3v) is 3.09. The van der Waals surface area contributed by atoms with Gasteiger partial charge in [-0.25, -0.2) is 0 Å². The molecule has 0 bridgehead atoms. The van der Waals surface area contributed by atoms with E-state index in [-0.39, 0.29) is 0 Å². The maximum Gasteiger partial charge on any atom is 0.130 e. The minimum absolute atomic E-state index is 0.878. The van der Waals surface area contributed by atoms with Gasteiger partial charge in [0.15, 0.2) is 0 Å². The Kier molecular flexibility index (Phi) is 4.00. The lowest BCUT2D eigenvalue weighted by atomic mass is 10.1. The van der Waals surface area contributed by atoms with Crippen molar-refractivity contribution >= 4 is 0 Å². The zero-order valence-electron chi connectivity index (χ0n) is 11.2. The average molecular weight is 241 g/mol. The SMILES string of the molecule is CNCc1ccc(Oc2cccc(C)c2C)cc1. The summed E-state index contributed by atoms with van der Waals surface area (Å²) in [6.07, 6.45) is 0. The van der Waals surface area contributed by atoms with Crippen molar-refractivity contribution in [1.29, 1.82) is 0 Å². The molecule has 0 aromatic heterocycles. The molecule has 0 amide bonds. The standard InChI is InChI=1S/C16H19NO/c1-12-5-4-6-16(13(12)2)18-15-9-7-14(8-10-15)11-17-3/h4-10,17H,11H2,1-3H3. The van der Waals surface area contributed by atoms with E-state index in [0.29, 0.717) is 0 Å². The lowest BCUT2D eigenvalue weighted by molar-refractivity contribution is 0.478. The fourth-order valence-corrected chi connectivity index (χ4v) is 1.84. The predicted octanol–water partition coefficient (Wildman–Crippen LogP) is 3.82. The summed E-state index contributed by atoms with van der Waals surface area (Å²) >= 11 is 0. The zero-order chi connectivity index (χ0) is 13.0. The van der Waals surface area contributed by atoms with Gasteiger partial charge < -0.3 is 10.1 Å². The van der Waals surface area contributed by atoms with Gasteiger partial charge in [-0.1, -0.05) is 24.3 Å². The van der Waals surface area contributed by atoms with E-state index in [9.17, 15) is 0 Å². The highest BCUT2D eigenvalue weighted by Crippen LogP contribution is 2.26. The van der Waals surface area contributed by atoms with Gasteiger partial charge in [-0.2, -0.15) is 0 Å². The molecule has 2 aromatic carbocycles. The summed E-state index contributed by atoms with van der Waals surface area (Å²) in [6.45, 7) is 5.06. The Balaban J connectivity index is 2.16. The summed E-state index contributed by atoms with van der Waals surface area (Å²) in [4.78, 5) is 0. The summed E-state index contributed by atoms with van der Waals surface area (Å²) in [5.74, 6) is 1.81. The second-order valence-electron chi connectivity index (χ2n) is 4.47. The summed E-state index contributed by atoms with van der Waals surface area (Å²) < 4.78 is 5.90. The van der Waals surface area contributed by atoms with Crippen LogP contribution in [0.25, 0.3) is 0 Å². The van der Waals surface area contributed by atoms with Crippen molar-refractivity contribution in [2.75, 3.05) is 7.05 Å². The Labute approximate surface area is 109 Å². The molecule has 0 fully saturated rings. The average Bonchev–Trinajstić information content (AvgIpc) is 2.38. The zero-order valence-corrected chi connectivity index (χ0v) is 11.2. The minimum atomic E-state index is 0.878. The number of rotatable bonds is 4. The molecule has 94 valence electrons. The molecule has 0 atom stereocenters. The molecule has 0 aliphatic rings. The Hall–Kier alpha value is -1.80. The Bertz CT molecular complexity index is 517. The van der Waals surface area contributed by atoms with Crippen LogP contribution in [-0.2, 0) is 6.54 Å². The highest BCUT2D eigenvalue weighted by atomic mass is 16.5. The van der Waals surface area contributed by atoms with Gasteiger partial charge in [-0.15, -0.1) is 0 Å². The van der Waals surface area contributed by atoms with E-state index in [1.54, 1.807) is 0 Å². The van der Waals surface area contributed by atoms with Crippen molar-refractivity contribution < 1.29 is 4.74 Å². The van der Waals surface area contributed by atoms with Crippen LogP contribution in [0.1, 0.15) is 16.7 Å². The molecular formula is C16H19NO. The maximum absolute atomic E-state index is 5.90. The van der Waals surface area contributed by atoms with Crippen LogP contribution in [0.3, 0.4) is 0 Å². The van der Waals surface area contributed by atoms with E-state index < -0.39 is 0 Å². The Morgan fingerprint density at radius 3 is 2.39 bits per heavy atom. The minimum Gasteiger partial charge on any atom is -0.457 e. The lowest BCUT2D eigenvalue weighted by Gasteiger charge is -2.10. The van der Waals surface area contributed by atoms with Crippen LogP contribution in [0.5, 0.6) is 11.5 Å². The van der Waals surface area contributed by atoms with E-state index in [4.69, 9.17) is 4.74 Å². The molecule has 2 rings (SSSR count). The first-order valence-electron chi connectivity index (χ1n) is 6.18. The largest absolute Gasteiger partial charge is 0.457 e. The van der Waals surface area contributed by atoms with E-state index in [0.717, 1.165) is 18.0 Å². The molecule has 0 saturated carbocycles. The molecule has 0 saturated heterocycles. The molecule has 0 unspecified atom stereocenters. The second-order valence-corrected chi connectivity index (χ2v) is 4.47. The highest BCUT2D eigenvalue weighted by molar-refractivity contribution is 5.41. The summed E-state index contributed by atoms with van der Waals surface area (Å²) in [5.41, 5.74) is 3.70. The molecular weight excluding hydrogens is 222 g/mol. The molecule has 18 heavy (non-hydrogen) atoms. The second kappa shape index (κ2) is 5.69. The number of nitrogens with one attached hydrogen (secondary N) is 1. The highest BCUT2D eigenvalue weighted by Gasteiger charge is 2.03. The van der Waals surface area contributed by atoms with Crippen LogP contribution in [0.15, 0.2) is 42.5 Å². The molecule has 2 aromatic rings. The molecule has 0 heterocycles. The molecule has 2 nitrogen and oxygen atoms in total. The number of benzene rings is 2. The topological polar surface area (TPSA) is 21.3 Å². The molecule has 2 heteroatoms. The van der Waals surface area contributed by atoms with Gasteiger partial charge >= 0.3 is 0 Å². The van der Waals surface area contributed by atoms with E-state index in [1.807, 2.05) is 31.3 Å². The molecule has 0 radical (unpaired) electrons. The van der Waals surface area contributed by atoms with Crippen LogP contribution in [0.2, 0.25) is 0 Å². The van der Waals surface area contributed by atoms with E-state index >= 15 is 0 Å². The van der Waals surface area contributed by atoms with Gasteiger partial charge in [0, 0.05) is 6.54 Å². The van der Waals surface area contributed by atoms with E-state index in [2.05, 4.69) is 37.4 Å². The van der Waals surface area contributed by atoms with Crippen molar-refractivity contribution in [2.24, 2.45) is 0 Å². The van der Waals surface area contributed by atoms with Crippen LogP contribution in [0.4, 0.5) is 0 Å². The van der Waals surface area contributed by atoms with Crippen LogP contribution in [0, 0.1) is 13.8 Å². The monoisotopic (exact) mass is 241 g/mol. The van der Waals surface area contributed by atoms with Crippen LogP contribution < -0.4 is 10.1 Å². The summed E-state index contributed by atoms with van der Waals surface area (Å²) in [5, 5.41) is 3.13. The summed E-state index contributed by atoms with van der Waals surface area (Å²) in [7, 11) is 1.94. The fraction of sp³-hybridized carbons (Fsp3) is 0.250. The number of aryl methyl sites for hydroxylation is 1. The predicted molar refractivity (Wildman–Crippen MR) is 75.2 cm³/mol. The molecule has 0 aliphatic carbocycles. The Morgan fingerprint density at radius 2 is 1.72 bits per heavy atom. The third-order valence-electron chi connectivity index (χ3n) is 3.09. The van der Waals surface area contributed by atoms with E-state index in [1.165, 1.54) is 16.7 Å². The smallest absolute Gasteiger partial charge is 0.130 e. The normalized spacial score (nSPS) is 10.4. The van der Waals surface area contributed by atoms with Crippen molar-refractivity contribution in [3.8, 4) is 11.5 Å². The first kappa shape index (κ1) is 12.7. The third kappa shape index (κ3) is 2.90. The number of hydrogen-bond acceptors (Lipinski definition) is 2. The summed E-state index contributed by atoms with van der Waals surface area (Å²) in [6, 6.07) is 14.3. The van der Waals surface area contributed by atoms with Crippen molar-refractivity contribution in [2.45, 2.75) is 20.4 Å². The Morgan fingerprint density at radius 1 is 1.00 bits per heavy atom. The van der Waals surface area contributed by atoms with Crippen LogP contribution in [-0.4, -0.2) is 7.05 Å². The maximum atomic E-state index is 5.90. The van der Waals surface area contributed by atoms with Gasteiger partial charge in [-0.3, -0.25) is 0 Å². The van der Waals surface area contributed by atoms with Gasteiger partial charge in [0.05, 0.1) is 0 Å². The van der Waals surface area contributed by atoms with Gasteiger partial charge in [0.25, 0.3) is 0 Å². The number of hydrogen-bond donors (Lipinski definition) is 1. The van der Waals surface area contributed by atoms with Gasteiger partial charge in [0.1, 0.15) is 11.5 Å². The fourth-order valence-electron chi connectivity index (χ4n) is 1.84. The molecule has 1 N–H and O–H groups in total. The van der Waals surface area contributed by atoms with Crippen LogP contribution >= 0.6 is 0 Å². The first-order chi connectivity index (χ1) is 8.70. The number of ether oxygens (including phenoxy) is 1. The van der Waals surface area contributed by atoms with Crippen molar-refractivity contribution in [1.82, 2.24) is 5.32 Å². The first-order valence-corrected chi connectivity index (χ1v) is 6.18. The molecule has 0 aliphatic heterocycles.